The number of hydrogen-bond acceptors (Lipinski definition) is 18. The Kier molecular flexibility index (Phi) is 28.3. The van der Waals surface area contributed by atoms with E-state index in [0.29, 0.717) is 35.5 Å². The van der Waals surface area contributed by atoms with Crippen molar-refractivity contribution in [1.29, 1.82) is 0 Å². The van der Waals surface area contributed by atoms with E-state index in [2.05, 4.69) is 76.7 Å². The van der Waals surface area contributed by atoms with Crippen LogP contribution in [0.3, 0.4) is 0 Å². The predicted molar refractivity (Wildman–Crippen MR) is 413 cm³/mol. The van der Waals surface area contributed by atoms with E-state index < -0.39 is 0 Å². The molecule has 18 heteroatoms. The Hall–Kier alpha value is -0.720. The molecule has 0 radical (unpaired) electrons. The Morgan fingerprint density at radius 2 is 0.413 bits per heavy atom. The topological polar surface area (TPSA) is 194 Å². The van der Waals surface area contributed by atoms with Crippen LogP contribution in [0.25, 0.3) is 0 Å². The van der Waals surface area contributed by atoms with Crippen LogP contribution in [0.4, 0.5) is 0 Å². The van der Waals surface area contributed by atoms with Gasteiger partial charge in [-0.15, -0.1) is 0 Å². The second-order valence-electron chi connectivity index (χ2n) is 37.1. The van der Waals surface area contributed by atoms with Gasteiger partial charge in [0, 0.05) is 124 Å². The van der Waals surface area contributed by atoms with Crippen LogP contribution in [0.15, 0.2) is 0 Å². The van der Waals surface area contributed by atoms with Crippen molar-refractivity contribution in [2.45, 2.75) is 371 Å². The summed E-state index contributed by atoms with van der Waals surface area (Å²) < 4.78 is 62.4. The molecule has 0 aromatic carbocycles. The van der Waals surface area contributed by atoms with Crippen molar-refractivity contribution in [2.24, 2.45) is 107 Å². The standard InChI is InChI=1S/C86H154N10O8/c1-9-17-39-97-71-55-35-29-37-87-69(55)77(103-45-23-15-7)67-65(71)83-91-79-61-62(74(100-42-20-12-4)58-48-52-32-26-25-31-51(52)47-57(58)73(61)99-41-19-11-3)80(89-79)92-84-66-68(78(104-46-24-16-8)70-56(36-30-38-88-70)72(66)98-40-18-10-2)86(96-84)94-82-64-63(81(90-82)93-85(67)95-83)75(101-43-21-13-5)59-49-53-33-27-28-34-54(53)50-60(59)76(64)102-44-22-14-6/h51-96H,9-50H2,1-8H3. The molecule has 7 aliphatic heterocycles. The SMILES string of the molecule is CCCCOC1C2CC3CCCCC3CC2C(OCCCC)C2C3NC(NC4NC(NC5NC(NC6NC(N3)C3C(OCCCC)C7CCCNC7C(OCCCC)C63)C3C(OCCCC)C6CC7CCCCC7CC6C(OCCCC)C53)C3C(OCCCC)C5NCCCC5C(OCCCC)C43)C12. The van der Waals surface area contributed by atoms with Crippen LogP contribution >= 0.6 is 0 Å². The largest absolute Gasteiger partial charge is 0.378 e. The molecule has 0 amide bonds. The zero-order chi connectivity index (χ0) is 71.2. The molecule has 0 aromatic heterocycles. The summed E-state index contributed by atoms with van der Waals surface area (Å²) in [6.07, 6.45) is 37.5. The summed E-state index contributed by atoms with van der Waals surface area (Å²) in [7, 11) is 0. The minimum absolute atomic E-state index is 0.0225. The van der Waals surface area contributed by atoms with E-state index in [4.69, 9.17) is 69.8 Å². The summed E-state index contributed by atoms with van der Waals surface area (Å²) in [5, 5.41) is 46.4. The summed E-state index contributed by atoms with van der Waals surface area (Å²) in [6, 6.07) is 0.369. The van der Waals surface area contributed by atoms with Gasteiger partial charge >= 0.3 is 0 Å². The zero-order valence-electron chi connectivity index (χ0n) is 66.7. The van der Waals surface area contributed by atoms with Gasteiger partial charge in [-0.1, -0.05) is 158 Å². The van der Waals surface area contributed by atoms with E-state index in [0.717, 1.165) is 218 Å². The lowest BCUT2D eigenvalue weighted by molar-refractivity contribution is -0.188. The maximum atomic E-state index is 7.88. The molecule has 7 heterocycles. The Balaban J connectivity index is 0.922. The molecule has 596 valence electrons. The molecule has 0 aromatic rings. The van der Waals surface area contributed by atoms with E-state index in [1.54, 1.807) is 0 Å². The molecular formula is C86H154N10O8. The molecule has 0 spiro atoms. The molecule has 10 N–H and O–H groups in total. The summed E-state index contributed by atoms with van der Waals surface area (Å²) in [4.78, 5) is 0. The lowest BCUT2D eigenvalue weighted by Gasteiger charge is -2.57. The maximum absolute atomic E-state index is 7.88. The van der Waals surface area contributed by atoms with Crippen molar-refractivity contribution < 1.29 is 37.9 Å². The third kappa shape index (κ3) is 16.1. The van der Waals surface area contributed by atoms with Gasteiger partial charge in [-0.05, 0) is 163 Å². The van der Waals surface area contributed by atoms with Gasteiger partial charge in [-0.25, -0.2) is 0 Å². The number of rotatable bonds is 32. The number of nitrogens with one attached hydrogen (secondary N) is 10. The van der Waals surface area contributed by atoms with Crippen molar-refractivity contribution in [3.8, 4) is 0 Å². The zero-order valence-corrected chi connectivity index (χ0v) is 66.7. The number of fused-ring (bicyclic) bond motifs is 26. The fraction of sp³-hybridized carbons (Fsp3) is 1.00. The molecule has 8 saturated carbocycles. The van der Waals surface area contributed by atoms with Crippen molar-refractivity contribution in [1.82, 2.24) is 53.2 Å². The molecule has 104 heavy (non-hydrogen) atoms. The van der Waals surface area contributed by atoms with Crippen molar-refractivity contribution in [3.05, 3.63) is 0 Å². The van der Waals surface area contributed by atoms with Gasteiger partial charge in [0.2, 0.25) is 0 Å². The van der Waals surface area contributed by atoms with Gasteiger partial charge < -0.3 is 48.5 Å². The molecule has 7 saturated heterocycles. The number of unbranched alkanes of at least 4 members (excludes halogenated alkanes) is 8. The normalized spacial score (nSPS) is 47.8. The first-order valence-corrected chi connectivity index (χ1v) is 45.8. The fourth-order valence-electron chi connectivity index (χ4n) is 26.4. The molecule has 8 aliphatic carbocycles. The van der Waals surface area contributed by atoms with Crippen molar-refractivity contribution >= 4 is 0 Å². The van der Waals surface area contributed by atoms with Crippen LogP contribution in [0, 0.1) is 107 Å². The average molecular weight is 1460 g/mol. The minimum Gasteiger partial charge on any atom is -0.378 e. The van der Waals surface area contributed by atoms with Gasteiger partial charge in [0.05, 0.1) is 98.2 Å². The third-order valence-electron chi connectivity index (χ3n) is 31.1. The lowest BCUT2D eigenvalue weighted by atomic mass is 9.54. The quantitative estimate of drug-likeness (QED) is 0.0286. The molecule has 15 aliphatic rings. The van der Waals surface area contributed by atoms with Crippen LogP contribution < -0.4 is 53.2 Å². The minimum atomic E-state index is -0.119. The lowest BCUT2D eigenvalue weighted by Crippen LogP contribution is -2.68. The van der Waals surface area contributed by atoms with Gasteiger partial charge in [0.15, 0.2) is 0 Å². The summed E-state index contributed by atoms with van der Waals surface area (Å²) in [5.41, 5.74) is 0. The van der Waals surface area contributed by atoms with Crippen LogP contribution in [0.2, 0.25) is 0 Å². The Morgan fingerprint density at radius 3 is 0.625 bits per heavy atom. The van der Waals surface area contributed by atoms with Gasteiger partial charge in [0.25, 0.3) is 0 Å². The second kappa shape index (κ2) is 37.5. The highest BCUT2D eigenvalue weighted by molar-refractivity contribution is 5.21. The maximum Gasteiger partial charge on any atom is 0.0792 e. The Labute approximate surface area is 631 Å². The van der Waals surface area contributed by atoms with E-state index >= 15 is 0 Å². The highest BCUT2D eigenvalue weighted by atomic mass is 16.5. The molecular weight excluding hydrogens is 1300 g/mol. The first-order valence-electron chi connectivity index (χ1n) is 45.8. The van der Waals surface area contributed by atoms with Crippen molar-refractivity contribution in [2.75, 3.05) is 65.9 Å². The summed E-state index contributed by atoms with van der Waals surface area (Å²) >= 11 is 0. The van der Waals surface area contributed by atoms with E-state index in [-0.39, 0.29) is 158 Å². The number of hydrogen-bond donors (Lipinski definition) is 10. The molecule has 36 unspecified atom stereocenters. The van der Waals surface area contributed by atoms with E-state index in [9.17, 15) is 0 Å². The highest BCUT2D eigenvalue weighted by Gasteiger charge is 2.70. The fourth-order valence-corrected chi connectivity index (χ4v) is 26.4. The van der Waals surface area contributed by atoms with Crippen LogP contribution in [0.5, 0.6) is 0 Å². The van der Waals surface area contributed by atoms with E-state index in [1.807, 2.05) is 0 Å². The Bertz CT molecular complexity index is 2240. The average Bonchev–Trinajstić information content (AvgIpc) is 1.50. The monoisotopic (exact) mass is 1460 g/mol. The first-order chi connectivity index (χ1) is 51.3. The molecule has 8 bridgehead atoms. The molecule has 15 fully saturated rings. The Morgan fingerprint density at radius 1 is 0.221 bits per heavy atom. The summed E-state index contributed by atoms with van der Waals surface area (Å²) in [6.45, 7) is 27.1. The highest BCUT2D eigenvalue weighted by Crippen LogP contribution is 2.60. The molecule has 18 nitrogen and oxygen atoms in total. The van der Waals surface area contributed by atoms with E-state index in [1.165, 1.54) is 77.0 Å². The van der Waals surface area contributed by atoms with Crippen LogP contribution in [-0.2, 0) is 37.9 Å². The first kappa shape index (κ1) is 78.6. The number of piperidine rings is 2. The van der Waals surface area contributed by atoms with Gasteiger partial charge in [-0.2, -0.15) is 0 Å². The van der Waals surface area contributed by atoms with Gasteiger partial charge in [0.1, 0.15) is 0 Å². The van der Waals surface area contributed by atoms with Gasteiger partial charge in [-0.3, -0.25) is 42.5 Å². The van der Waals surface area contributed by atoms with Crippen molar-refractivity contribution in [3.63, 3.8) is 0 Å². The molecule has 36 atom stereocenters. The smallest absolute Gasteiger partial charge is 0.0792 e. The molecule has 15 rings (SSSR count). The van der Waals surface area contributed by atoms with Crippen LogP contribution in [-0.4, -0.2) is 176 Å². The predicted octanol–water partition coefficient (Wildman–Crippen LogP) is 12.2. The van der Waals surface area contributed by atoms with Crippen LogP contribution in [0.1, 0.15) is 261 Å². The number of ether oxygens (including phenoxy) is 8. The second-order valence-corrected chi connectivity index (χ2v) is 37.1. The summed E-state index contributed by atoms with van der Waals surface area (Å²) in [5.74, 6) is 6.30. The third-order valence-corrected chi connectivity index (χ3v) is 31.1.